The monoisotopic (exact) mass is 350 g/mol. The van der Waals surface area contributed by atoms with E-state index >= 15 is 0 Å². The van der Waals surface area contributed by atoms with Gasteiger partial charge >= 0.3 is 5.97 Å². The maximum atomic E-state index is 12.1. The second-order valence-corrected chi connectivity index (χ2v) is 8.84. The minimum atomic E-state index is -0.128. The number of carbonyl (C=O) groups excluding carboxylic acids is 1. The van der Waals surface area contributed by atoms with Gasteiger partial charge in [-0.25, -0.2) is 0 Å². The molecule has 0 bridgehead atoms. The molecule has 24 heavy (non-hydrogen) atoms. The van der Waals surface area contributed by atoms with Gasteiger partial charge in [0.25, 0.3) is 0 Å². The van der Waals surface area contributed by atoms with Crippen molar-refractivity contribution in [2.24, 2.45) is 11.3 Å². The van der Waals surface area contributed by atoms with E-state index < -0.39 is 0 Å². The highest BCUT2D eigenvalue weighted by Crippen LogP contribution is 2.37. The highest BCUT2D eigenvalue weighted by atomic mass is 32.2. The summed E-state index contributed by atoms with van der Waals surface area (Å²) in [4.78, 5) is 12.1. The maximum Gasteiger partial charge on any atom is 0.306 e. The molecule has 1 heterocycles. The van der Waals surface area contributed by atoms with Crippen molar-refractivity contribution < 1.29 is 14.6 Å². The third-order valence-electron chi connectivity index (χ3n) is 5.10. The van der Waals surface area contributed by atoms with E-state index in [1.165, 1.54) is 24.3 Å². The van der Waals surface area contributed by atoms with Gasteiger partial charge in [0.15, 0.2) is 0 Å². The summed E-state index contributed by atoms with van der Waals surface area (Å²) < 4.78 is 5.57. The fourth-order valence-corrected chi connectivity index (χ4v) is 4.48. The van der Waals surface area contributed by atoms with E-state index in [0.29, 0.717) is 31.1 Å². The van der Waals surface area contributed by atoms with E-state index in [9.17, 15) is 9.90 Å². The molecule has 1 aromatic carbocycles. The first kappa shape index (κ1) is 19.2. The van der Waals surface area contributed by atoms with Crippen molar-refractivity contribution in [1.29, 1.82) is 0 Å². The number of aromatic hydroxyl groups is 1. The minimum Gasteiger partial charge on any atom is -0.507 e. The van der Waals surface area contributed by atoms with Gasteiger partial charge in [-0.2, -0.15) is 11.8 Å². The number of esters is 1. The molecule has 0 spiro atoms. The van der Waals surface area contributed by atoms with Crippen LogP contribution in [-0.2, 0) is 16.0 Å². The van der Waals surface area contributed by atoms with Crippen LogP contribution in [0, 0.1) is 25.2 Å². The fraction of sp³-hybridized carbons (Fsp3) is 0.650. The number of phenolic OH excluding ortho intramolecular Hbond substituents is 1. The predicted molar refractivity (Wildman–Crippen MR) is 101 cm³/mol. The van der Waals surface area contributed by atoms with Gasteiger partial charge in [0.1, 0.15) is 5.75 Å². The van der Waals surface area contributed by atoms with Gasteiger partial charge in [-0.1, -0.05) is 26.0 Å². The molecule has 0 saturated carbocycles. The van der Waals surface area contributed by atoms with E-state index in [0.717, 1.165) is 16.7 Å². The number of rotatable bonds is 6. The van der Waals surface area contributed by atoms with Crippen molar-refractivity contribution in [2.45, 2.75) is 53.4 Å². The molecule has 0 amide bonds. The van der Waals surface area contributed by atoms with Crippen LogP contribution in [0.5, 0.6) is 5.75 Å². The predicted octanol–water partition coefficient (Wildman–Crippen LogP) is 4.65. The Morgan fingerprint density at radius 2 is 1.83 bits per heavy atom. The molecule has 1 saturated heterocycles. The van der Waals surface area contributed by atoms with Crippen LogP contribution in [-0.4, -0.2) is 29.2 Å². The lowest BCUT2D eigenvalue weighted by atomic mass is 9.76. The third-order valence-corrected chi connectivity index (χ3v) is 6.15. The lowest BCUT2D eigenvalue weighted by molar-refractivity contribution is -0.147. The Balaban J connectivity index is 1.81. The van der Waals surface area contributed by atoms with Crippen LogP contribution in [0.15, 0.2) is 12.1 Å². The summed E-state index contributed by atoms with van der Waals surface area (Å²) in [5.74, 6) is 3.31. The molecule has 1 aromatic rings. The summed E-state index contributed by atoms with van der Waals surface area (Å²) in [6, 6.07) is 3.89. The molecular weight excluding hydrogens is 320 g/mol. The minimum absolute atomic E-state index is 0.0579. The van der Waals surface area contributed by atoms with Gasteiger partial charge in [-0.15, -0.1) is 0 Å². The van der Waals surface area contributed by atoms with E-state index in [1.54, 1.807) is 0 Å². The molecule has 3 nitrogen and oxygen atoms in total. The van der Waals surface area contributed by atoms with Crippen LogP contribution in [0.2, 0.25) is 0 Å². The topological polar surface area (TPSA) is 46.5 Å². The Morgan fingerprint density at radius 1 is 1.25 bits per heavy atom. The van der Waals surface area contributed by atoms with Crippen LogP contribution in [0.4, 0.5) is 0 Å². The van der Waals surface area contributed by atoms with Crippen molar-refractivity contribution in [3.05, 3.63) is 28.8 Å². The number of hydrogen-bond donors (Lipinski definition) is 1. The Hall–Kier alpha value is -1.16. The summed E-state index contributed by atoms with van der Waals surface area (Å²) in [7, 11) is 0. The quantitative estimate of drug-likeness (QED) is 0.758. The van der Waals surface area contributed by atoms with Crippen LogP contribution >= 0.6 is 11.8 Å². The highest BCUT2D eigenvalue weighted by molar-refractivity contribution is 7.99. The number of carbonyl (C=O) groups is 1. The van der Waals surface area contributed by atoms with E-state index in [1.807, 2.05) is 37.7 Å². The van der Waals surface area contributed by atoms with Crippen LogP contribution in [0.25, 0.3) is 0 Å². The van der Waals surface area contributed by atoms with Gasteiger partial charge in [-0.3, -0.25) is 4.79 Å². The lowest BCUT2D eigenvalue weighted by Gasteiger charge is -2.36. The van der Waals surface area contributed by atoms with Gasteiger partial charge in [0.2, 0.25) is 0 Å². The molecule has 1 fully saturated rings. The van der Waals surface area contributed by atoms with E-state index in [2.05, 4.69) is 13.8 Å². The summed E-state index contributed by atoms with van der Waals surface area (Å²) >= 11 is 2.02. The summed E-state index contributed by atoms with van der Waals surface area (Å²) in [6.45, 7) is 8.71. The first-order valence-electron chi connectivity index (χ1n) is 8.82. The molecule has 0 atom stereocenters. The zero-order chi connectivity index (χ0) is 17.7. The third kappa shape index (κ3) is 5.17. The van der Waals surface area contributed by atoms with Gasteiger partial charge < -0.3 is 9.84 Å². The highest BCUT2D eigenvalue weighted by Gasteiger charge is 2.32. The molecule has 1 N–H and O–H groups in total. The van der Waals surface area contributed by atoms with Crippen molar-refractivity contribution >= 4 is 17.7 Å². The fourth-order valence-electron chi connectivity index (χ4n) is 3.37. The Morgan fingerprint density at radius 3 is 2.42 bits per heavy atom. The Labute approximate surface area is 150 Å². The van der Waals surface area contributed by atoms with Crippen LogP contribution in [0.1, 0.15) is 49.8 Å². The zero-order valence-electron chi connectivity index (χ0n) is 15.4. The standard InChI is InChI=1S/C20H30O3S/c1-14-11-16(12-15(2)19(14)22)5-6-18(21)23-13-20(3,4)17-7-9-24-10-8-17/h11-12,17,22H,5-10,13H2,1-4H3. The largest absolute Gasteiger partial charge is 0.507 e. The number of phenols is 1. The molecule has 0 aromatic heterocycles. The average molecular weight is 351 g/mol. The summed E-state index contributed by atoms with van der Waals surface area (Å²) in [5.41, 5.74) is 2.84. The lowest BCUT2D eigenvalue weighted by Crippen LogP contribution is -2.33. The van der Waals surface area contributed by atoms with E-state index in [4.69, 9.17) is 4.74 Å². The summed E-state index contributed by atoms with van der Waals surface area (Å²) in [6.07, 6.45) is 3.49. The van der Waals surface area contributed by atoms with Crippen molar-refractivity contribution in [2.75, 3.05) is 18.1 Å². The Bertz CT molecular complexity index is 551. The number of benzene rings is 1. The second kappa shape index (κ2) is 8.28. The van der Waals surface area contributed by atoms with E-state index in [-0.39, 0.29) is 11.4 Å². The molecule has 1 aliphatic rings. The molecule has 0 unspecified atom stereocenters. The molecule has 134 valence electrons. The second-order valence-electron chi connectivity index (χ2n) is 7.61. The first-order valence-corrected chi connectivity index (χ1v) is 9.97. The van der Waals surface area contributed by atoms with Gasteiger partial charge in [0.05, 0.1) is 6.61 Å². The first-order chi connectivity index (χ1) is 11.3. The number of aryl methyl sites for hydroxylation is 3. The molecule has 2 rings (SSSR count). The number of thioether (sulfide) groups is 1. The number of ether oxygens (including phenoxy) is 1. The van der Waals surface area contributed by atoms with Crippen molar-refractivity contribution in [1.82, 2.24) is 0 Å². The maximum absolute atomic E-state index is 12.1. The molecule has 1 aliphatic heterocycles. The number of hydrogen-bond acceptors (Lipinski definition) is 4. The van der Waals surface area contributed by atoms with Crippen LogP contribution in [0.3, 0.4) is 0 Å². The zero-order valence-corrected chi connectivity index (χ0v) is 16.2. The average Bonchev–Trinajstić information content (AvgIpc) is 2.56. The van der Waals surface area contributed by atoms with Crippen molar-refractivity contribution in [3.8, 4) is 5.75 Å². The molecule has 0 radical (unpaired) electrons. The van der Waals surface area contributed by atoms with Gasteiger partial charge in [-0.05, 0) is 67.2 Å². The molecular formula is C20H30O3S. The molecule has 0 aliphatic carbocycles. The summed E-state index contributed by atoms with van der Waals surface area (Å²) in [5, 5.41) is 9.81. The van der Waals surface area contributed by atoms with Gasteiger partial charge in [0, 0.05) is 11.8 Å². The normalized spacial score (nSPS) is 16.2. The van der Waals surface area contributed by atoms with Crippen LogP contribution < -0.4 is 0 Å². The Kier molecular flexibility index (Phi) is 6.62. The molecule has 4 heteroatoms. The SMILES string of the molecule is Cc1cc(CCC(=O)OCC(C)(C)C2CCSCC2)cc(C)c1O. The van der Waals surface area contributed by atoms with Crippen molar-refractivity contribution in [3.63, 3.8) is 0 Å². The smallest absolute Gasteiger partial charge is 0.306 e.